The van der Waals surface area contributed by atoms with Crippen LogP contribution in [0.1, 0.15) is 19.4 Å². The van der Waals surface area contributed by atoms with Gasteiger partial charge in [0.1, 0.15) is 48.0 Å². The molecule has 2 bridgehead atoms. The van der Waals surface area contributed by atoms with Gasteiger partial charge in [0, 0.05) is 14.2 Å². The molecule has 7 rings (SSSR count). The first-order valence-corrected chi connectivity index (χ1v) is 17.1. The van der Waals surface area contributed by atoms with E-state index < -0.39 is 83.0 Å². The Morgan fingerprint density at radius 1 is 0.958 bits per heavy atom. The molecule has 4 aromatic heterocycles. The molecule has 260 valence electrons. The van der Waals surface area contributed by atoms with Crippen molar-refractivity contribution in [1.82, 2.24) is 39.0 Å². The molecule has 48 heavy (non-hydrogen) atoms. The van der Waals surface area contributed by atoms with Crippen molar-refractivity contribution in [2.45, 2.75) is 55.5 Å². The Morgan fingerprint density at radius 3 is 2.38 bits per heavy atom. The van der Waals surface area contributed by atoms with E-state index in [1.165, 1.54) is 49.3 Å². The zero-order chi connectivity index (χ0) is 34.2. The van der Waals surface area contributed by atoms with E-state index in [1.54, 1.807) is 0 Å². The fourth-order valence-corrected chi connectivity index (χ4v) is 8.07. The van der Waals surface area contributed by atoms with Crippen molar-refractivity contribution in [2.75, 3.05) is 38.9 Å². The van der Waals surface area contributed by atoms with Gasteiger partial charge in [0.2, 0.25) is 5.95 Å². The third kappa shape index (κ3) is 5.60. The van der Waals surface area contributed by atoms with Gasteiger partial charge in [-0.25, -0.2) is 29.1 Å². The van der Waals surface area contributed by atoms with Gasteiger partial charge in [0.15, 0.2) is 35.1 Å². The van der Waals surface area contributed by atoms with Crippen molar-refractivity contribution in [3.05, 3.63) is 29.3 Å². The van der Waals surface area contributed by atoms with Gasteiger partial charge < -0.3 is 40.2 Å². The molecule has 7 N–H and O–H groups in total. The Morgan fingerprint density at radius 2 is 1.65 bits per heavy atom. The second kappa shape index (κ2) is 11.9. The molecule has 0 saturated carbocycles. The van der Waals surface area contributed by atoms with E-state index in [1.807, 2.05) is 0 Å². The summed E-state index contributed by atoms with van der Waals surface area (Å²) in [6, 6.07) is 0. The maximum Gasteiger partial charge on any atom is 0.472 e. The lowest BCUT2D eigenvalue weighted by Gasteiger charge is -2.32. The van der Waals surface area contributed by atoms with Crippen LogP contribution >= 0.6 is 15.6 Å². The Labute approximate surface area is 268 Å². The zero-order valence-electron chi connectivity index (χ0n) is 25.3. The number of aromatic nitrogens is 8. The largest absolute Gasteiger partial charge is 0.472 e. The maximum atomic E-state index is 13.6. The number of anilines is 2. The van der Waals surface area contributed by atoms with Gasteiger partial charge in [-0.1, -0.05) is 0 Å². The van der Waals surface area contributed by atoms with E-state index in [0.29, 0.717) is 0 Å². The van der Waals surface area contributed by atoms with Crippen LogP contribution in [0, 0.1) is 0 Å². The van der Waals surface area contributed by atoms with Crippen molar-refractivity contribution in [1.29, 1.82) is 0 Å². The zero-order valence-corrected chi connectivity index (χ0v) is 27.0. The van der Waals surface area contributed by atoms with E-state index in [0.717, 1.165) is 0 Å². The molecule has 0 radical (unpaired) electrons. The van der Waals surface area contributed by atoms with E-state index in [2.05, 4.69) is 29.9 Å². The topological polar surface area (TPSA) is 308 Å². The smallest absolute Gasteiger partial charge is 0.382 e. The molecule has 0 aliphatic carbocycles. The molecule has 0 spiro atoms. The molecule has 0 aromatic carbocycles. The number of fused-ring (bicyclic) bond motifs is 5. The summed E-state index contributed by atoms with van der Waals surface area (Å²) in [5.74, 6) is -0.152. The Balaban J connectivity index is 1.26. The van der Waals surface area contributed by atoms with Crippen LogP contribution in [0.15, 0.2) is 23.8 Å². The fourth-order valence-electron chi connectivity index (χ4n) is 6.03. The highest BCUT2D eigenvalue weighted by Crippen LogP contribution is 2.56. The number of nitrogens with one attached hydrogen (secondary N) is 1. The minimum Gasteiger partial charge on any atom is -0.382 e. The lowest BCUT2D eigenvalue weighted by molar-refractivity contribution is -0.118. The molecule has 7 heterocycles. The van der Waals surface area contributed by atoms with E-state index >= 15 is 0 Å². The van der Waals surface area contributed by atoms with Gasteiger partial charge in [0.05, 0.1) is 25.9 Å². The summed E-state index contributed by atoms with van der Waals surface area (Å²) >= 11 is 0. The number of ether oxygens (including phenoxy) is 4. The number of imidazole rings is 2. The molecule has 0 amide bonds. The van der Waals surface area contributed by atoms with Crippen LogP contribution in [-0.2, 0) is 46.2 Å². The van der Waals surface area contributed by atoms with Crippen LogP contribution < -0.4 is 17.0 Å². The Hall–Kier alpha value is -3.44. The fraction of sp³-hybridized carbons (Fsp3) is 0.565. The third-order valence-corrected chi connectivity index (χ3v) is 10.1. The number of methoxy groups -OCH3 is 2. The summed E-state index contributed by atoms with van der Waals surface area (Å²) in [5, 5.41) is 0. The van der Waals surface area contributed by atoms with Gasteiger partial charge in [-0.3, -0.25) is 37.0 Å². The first-order valence-electron chi connectivity index (χ1n) is 14.1. The number of aromatic amines is 1. The van der Waals surface area contributed by atoms with Gasteiger partial charge in [0.25, 0.3) is 5.56 Å². The molecule has 23 nitrogen and oxygen atoms in total. The second-order valence-corrected chi connectivity index (χ2v) is 14.1. The van der Waals surface area contributed by atoms with E-state index in [-0.39, 0.29) is 34.1 Å². The van der Waals surface area contributed by atoms with Crippen LogP contribution in [-0.4, -0.2) is 112 Å². The highest BCUT2D eigenvalue weighted by molar-refractivity contribution is 7.47. The highest BCUT2D eigenvalue weighted by atomic mass is 31.2. The normalized spacial score (nSPS) is 37.6. The van der Waals surface area contributed by atoms with Crippen LogP contribution in [0.4, 0.5) is 11.8 Å². The van der Waals surface area contributed by atoms with E-state index in [9.17, 15) is 23.7 Å². The summed E-state index contributed by atoms with van der Waals surface area (Å²) in [6.07, 6.45) is -5.27. The molecule has 3 aliphatic rings. The van der Waals surface area contributed by atoms with Gasteiger partial charge in [-0.05, 0) is 6.92 Å². The predicted octanol–water partition coefficient (Wildman–Crippen LogP) is -0.643. The lowest BCUT2D eigenvalue weighted by Crippen LogP contribution is -2.46. The number of H-pyrrole nitrogens is 1. The van der Waals surface area contributed by atoms with Crippen molar-refractivity contribution in [2.24, 2.45) is 0 Å². The molecule has 3 saturated heterocycles. The SMILES string of the molecule is COC1C2COP(=O)(O)OC3C(OC)C(n4cnc5c(N)ncnc54)OC3(C)COP(=O)(O)OC1C(n1cnc3c(=O)[nH]c(N)nc31)O2. The van der Waals surface area contributed by atoms with E-state index in [4.69, 9.17) is 48.5 Å². The molecule has 3 aliphatic heterocycles. The molecular weight excluding hydrogens is 686 g/mol. The highest BCUT2D eigenvalue weighted by Gasteiger charge is 2.59. The molecule has 10 atom stereocenters. The first kappa shape index (κ1) is 33.1. The maximum absolute atomic E-state index is 13.6. The summed E-state index contributed by atoms with van der Waals surface area (Å²) in [4.78, 5) is 57.2. The number of phosphoric acid groups is 2. The quantitative estimate of drug-likeness (QED) is 0.164. The molecule has 3 fully saturated rings. The summed E-state index contributed by atoms with van der Waals surface area (Å²) in [6.45, 7) is 0.0229. The van der Waals surface area contributed by atoms with Crippen molar-refractivity contribution >= 4 is 49.7 Å². The Bertz CT molecular complexity index is 2020. The minimum absolute atomic E-state index is 0.0531. The van der Waals surface area contributed by atoms with Crippen LogP contribution in [0.2, 0.25) is 0 Å². The number of nitrogens with zero attached hydrogens (tertiary/aromatic N) is 7. The minimum atomic E-state index is -5.06. The van der Waals surface area contributed by atoms with Crippen molar-refractivity contribution in [3.8, 4) is 0 Å². The van der Waals surface area contributed by atoms with Crippen LogP contribution in [0.25, 0.3) is 22.3 Å². The average molecular weight is 716 g/mol. The van der Waals surface area contributed by atoms with Gasteiger partial charge >= 0.3 is 15.6 Å². The average Bonchev–Trinajstić information content (AvgIpc) is 3.78. The van der Waals surface area contributed by atoms with Crippen molar-refractivity contribution in [3.63, 3.8) is 0 Å². The molecule has 10 unspecified atom stereocenters. The predicted molar refractivity (Wildman–Crippen MR) is 158 cm³/mol. The number of hydrogen-bond acceptors (Lipinski definition) is 18. The number of rotatable bonds is 4. The lowest BCUT2D eigenvalue weighted by atomic mass is 9.98. The number of nitrogens with two attached hydrogens (primary N) is 2. The standard InChI is InChI=1S/C23H30N10O13P2/c1-23-5-42-48(37,38)45-13-12(39-2)9(43-20(13)33-8-29-11-18(33)30-22(25)31-19(11)34)4-41-47(35,36)46-15(23)14(40-3)21(44-23)32-7-28-10-16(24)26-6-27-17(10)32/h6-9,12-15,20-21H,4-5H2,1-3H3,(H,35,36)(H,37,38)(H2,24,26,27)(H3,25,30,31,34). The van der Waals surface area contributed by atoms with Gasteiger partial charge in [-0.2, -0.15) is 4.98 Å². The van der Waals surface area contributed by atoms with Crippen LogP contribution in [0.5, 0.6) is 0 Å². The Kier molecular flexibility index (Phi) is 8.17. The number of phosphoric ester groups is 2. The number of hydrogen-bond donors (Lipinski definition) is 5. The molecule has 25 heteroatoms. The van der Waals surface area contributed by atoms with Crippen molar-refractivity contribution < 1.29 is 56.0 Å². The number of nitrogen functional groups attached to an aromatic ring is 2. The monoisotopic (exact) mass is 716 g/mol. The van der Waals surface area contributed by atoms with Gasteiger partial charge in [-0.15, -0.1) is 0 Å². The summed E-state index contributed by atoms with van der Waals surface area (Å²) in [5.41, 5.74) is 9.57. The molecular formula is C23H30N10O13P2. The molecule has 4 aromatic rings. The second-order valence-electron chi connectivity index (χ2n) is 11.2. The summed E-state index contributed by atoms with van der Waals surface area (Å²) < 4.78 is 75.5. The van der Waals surface area contributed by atoms with Crippen LogP contribution in [0.3, 0.4) is 0 Å². The third-order valence-electron chi connectivity index (χ3n) is 8.21. The first-order chi connectivity index (χ1) is 22.7. The summed E-state index contributed by atoms with van der Waals surface area (Å²) in [7, 11) is -7.50.